The summed E-state index contributed by atoms with van der Waals surface area (Å²) in [5, 5.41) is 4.23. The van der Waals surface area contributed by atoms with Crippen LogP contribution in [0.5, 0.6) is 0 Å². The summed E-state index contributed by atoms with van der Waals surface area (Å²) >= 11 is 13.8. The topological polar surface area (TPSA) is 61.4 Å². The molecule has 0 atom stereocenters. The third-order valence-electron chi connectivity index (χ3n) is 7.60. The number of anilines is 1. The number of carbonyl (C=O) groups is 1. The van der Waals surface area contributed by atoms with Gasteiger partial charge in [0.05, 0.1) is 31.5 Å². The zero-order valence-corrected chi connectivity index (χ0v) is 23.1. The van der Waals surface area contributed by atoms with Gasteiger partial charge in [0.1, 0.15) is 0 Å². The minimum atomic E-state index is -0.0987. The molecule has 1 fully saturated rings. The second-order valence-corrected chi connectivity index (χ2v) is 11.6. The predicted octanol–water partition coefficient (Wildman–Crippen LogP) is 6.77. The molecule has 0 saturated carbocycles. The fourth-order valence-corrected chi connectivity index (χ4v) is 6.61. The Kier molecular flexibility index (Phi) is 7.10. The first-order valence-corrected chi connectivity index (χ1v) is 14.3. The predicted molar refractivity (Wildman–Crippen MR) is 156 cm³/mol. The van der Waals surface area contributed by atoms with Gasteiger partial charge < -0.3 is 5.32 Å². The summed E-state index contributed by atoms with van der Waals surface area (Å²) in [4.78, 5) is 26.7. The lowest BCUT2D eigenvalue weighted by molar-refractivity contribution is 0.180. The molecule has 2 amide bonds. The Bertz CT molecular complexity index is 1500. The summed E-state index contributed by atoms with van der Waals surface area (Å²) in [5.41, 5.74) is 7.09. The van der Waals surface area contributed by atoms with E-state index >= 15 is 0 Å². The molecule has 2 aromatic heterocycles. The van der Waals surface area contributed by atoms with E-state index in [1.807, 2.05) is 40.7 Å². The molecule has 1 spiro atoms. The van der Waals surface area contributed by atoms with Crippen molar-refractivity contribution in [3.63, 3.8) is 0 Å². The minimum Gasteiger partial charge on any atom is -0.334 e. The number of piperidine rings is 1. The number of fused-ring (bicyclic) bond motifs is 4. The van der Waals surface area contributed by atoms with E-state index in [0.29, 0.717) is 23.1 Å². The minimum absolute atomic E-state index is 0.0754. The second kappa shape index (κ2) is 10.7. The van der Waals surface area contributed by atoms with Crippen molar-refractivity contribution in [1.82, 2.24) is 20.2 Å². The lowest BCUT2D eigenvalue weighted by Gasteiger charge is -2.39. The maximum atomic E-state index is 13.4. The Morgan fingerprint density at radius 2 is 2.00 bits per heavy atom. The van der Waals surface area contributed by atoms with E-state index in [1.165, 1.54) is 10.3 Å². The van der Waals surface area contributed by atoms with Crippen LogP contribution in [-0.4, -0.2) is 47.1 Å². The van der Waals surface area contributed by atoms with Gasteiger partial charge in [-0.2, -0.15) is 0 Å². The Labute approximate surface area is 235 Å². The molecule has 4 heterocycles. The van der Waals surface area contributed by atoms with Crippen molar-refractivity contribution in [3.8, 4) is 0 Å². The van der Waals surface area contributed by atoms with Crippen LogP contribution in [0.1, 0.15) is 29.5 Å². The number of carbonyl (C=O) groups excluding carboxylic acids is 1. The molecule has 6 nitrogen and oxygen atoms in total. The third-order valence-corrected chi connectivity index (χ3v) is 9.14. The van der Waals surface area contributed by atoms with Gasteiger partial charge >= 0.3 is 6.03 Å². The first-order valence-electron chi connectivity index (χ1n) is 12.7. The van der Waals surface area contributed by atoms with Crippen LogP contribution in [0, 0.1) is 0 Å². The number of hydrogen-bond acceptors (Lipinski definition) is 5. The largest absolute Gasteiger partial charge is 0.334 e. The van der Waals surface area contributed by atoms with Gasteiger partial charge in [0.15, 0.2) is 0 Å². The van der Waals surface area contributed by atoms with E-state index in [9.17, 15) is 4.79 Å². The van der Waals surface area contributed by atoms with Crippen LogP contribution >= 0.6 is 34.5 Å². The van der Waals surface area contributed by atoms with Crippen molar-refractivity contribution in [2.45, 2.75) is 24.8 Å². The first-order chi connectivity index (χ1) is 18.5. The fourth-order valence-electron chi connectivity index (χ4n) is 5.62. The highest BCUT2D eigenvalue weighted by Crippen LogP contribution is 2.50. The summed E-state index contributed by atoms with van der Waals surface area (Å²) in [6, 6.07) is 13.6. The number of pyridine rings is 1. The quantitative estimate of drug-likeness (QED) is 0.291. The number of amides is 2. The molecule has 4 aromatic rings. The summed E-state index contributed by atoms with van der Waals surface area (Å²) in [7, 11) is 0. The number of aromatic nitrogens is 2. The normalized spacial score (nSPS) is 16.9. The third kappa shape index (κ3) is 4.92. The van der Waals surface area contributed by atoms with Crippen molar-refractivity contribution in [1.29, 1.82) is 0 Å². The highest BCUT2D eigenvalue weighted by Gasteiger charge is 2.47. The van der Waals surface area contributed by atoms with Gasteiger partial charge in [-0.15, -0.1) is 11.3 Å². The van der Waals surface area contributed by atoms with Gasteiger partial charge in [0.25, 0.3) is 0 Å². The molecular weight excluding hydrogens is 537 g/mol. The molecule has 9 heteroatoms. The van der Waals surface area contributed by atoms with Crippen molar-refractivity contribution >= 4 is 62.5 Å². The highest BCUT2D eigenvalue weighted by molar-refractivity contribution is 7.16. The van der Waals surface area contributed by atoms with Crippen LogP contribution in [0.25, 0.3) is 16.3 Å². The number of benzene rings is 2. The molecule has 2 aliphatic heterocycles. The molecule has 0 bridgehead atoms. The number of rotatable bonds is 5. The number of halogens is 2. The summed E-state index contributed by atoms with van der Waals surface area (Å²) < 4.78 is 1.17. The van der Waals surface area contributed by atoms with Gasteiger partial charge in [-0.05, 0) is 67.4 Å². The monoisotopic (exact) mass is 563 g/mol. The number of urea groups is 1. The maximum Gasteiger partial charge on any atom is 0.322 e. The van der Waals surface area contributed by atoms with E-state index < -0.39 is 0 Å². The fraction of sp³-hybridized carbons (Fsp3) is 0.276. The zero-order valence-electron chi connectivity index (χ0n) is 20.7. The average molecular weight is 565 g/mol. The Hall–Kier alpha value is -2.97. The van der Waals surface area contributed by atoms with E-state index in [0.717, 1.165) is 54.8 Å². The number of nitrogens with zero attached hydrogens (tertiary/aromatic N) is 4. The Balaban J connectivity index is 1.18. The molecule has 2 aliphatic rings. The number of likely N-dealkylation sites (tertiary alicyclic amines) is 1. The van der Waals surface area contributed by atoms with Crippen molar-refractivity contribution in [3.05, 3.63) is 93.2 Å². The van der Waals surface area contributed by atoms with Crippen molar-refractivity contribution < 1.29 is 4.79 Å². The van der Waals surface area contributed by atoms with Crippen LogP contribution in [0.2, 0.25) is 10.0 Å². The molecule has 1 saturated heterocycles. The van der Waals surface area contributed by atoms with E-state index in [4.69, 9.17) is 28.2 Å². The lowest BCUT2D eigenvalue weighted by Crippen LogP contribution is -2.47. The van der Waals surface area contributed by atoms with E-state index in [-0.39, 0.29) is 11.4 Å². The van der Waals surface area contributed by atoms with Gasteiger partial charge in [0, 0.05) is 43.0 Å². The first kappa shape index (κ1) is 25.3. The lowest BCUT2D eigenvalue weighted by atomic mass is 9.74. The zero-order chi connectivity index (χ0) is 26.1. The Morgan fingerprint density at radius 3 is 2.79 bits per heavy atom. The van der Waals surface area contributed by atoms with Gasteiger partial charge in [-0.3, -0.25) is 14.8 Å². The molecule has 2 aromatic carbocycles. The highest BCUT2D eigenvalue weighted by atomic mass is 35.5. The van der Waals surface area contributed by atoms with Gasteiger partial charge in [-0.1, -0.05) is 47.5 Å². The summed E-state index contributed by atoms with van der Waals surface area (Å²) in [5.74, 6) is 0. The SMILES string of the molecule is O=C(NCc1cccnc1)N1CC2(CCN(CC=Cc3ccc(Cl)c(Cl)c3)CC2)c2c1ccc1scnc21. The van der Waals surface area contributed by atoms with Crippen LogP contribution in [0.4, 0.5) is 10.5 Å². The second-order valence-electron chi connectivity index (χ2n) is 9.92. The summed E-state index contributed by atoms with van der Waals surface area (Å²) in [6.07, 6.45) is 9.74. The van der Waals surface area contributed by atoms with Crippen LogP contribution < -0.4 is 10.2 Å². The van der Waals surface area contributed by atoms with Crippen LogP contribution in [0.15, 0.2) is 66.4 Å². The molecule has 0 radical (unpaired) electrons. The van der Waals surface area contributed by atoms with Crippen molar-refractivity contribution in [2.75, 3.05) is 31.1 Å². The Morgan fingerprint density at radius 1 is 1.13 bits per heavy atom. The molecule has 6 rings (SSSR count). The van der Waals surface area contributed by atoms with Gasteiger partial charge in [0.2, 0.25) is 0 Å². The standard InChI is InChI=1S/C29H27Cl2N5OS/c30-22-6-5-20(15-23(22)31)4-2-12-35-13-9-29(10-14-35)18-36(28(37)33-17-21-3-1-11-32-16-21)24-7-8-25-27(26(24)29)34-19-38-25/h1-8,11,15-16,19H,9-10,12-14,17-18H2,(H,33,37). The molecule has 0 aliphatic carbocycles. The summed E-state index contributed by atoms with van der Waals surface area (Å²) in [6.45, 7) is 3.89. The molecule has 194 valence electrons. The van der Waals surface area contributed by atoms with Crippen LogP contribution in [0.3, 0.4) is 0 Å². The molecule has 1 N–H and O–H groups in total. The molecular formula is C29H27Cl2N5OS. The maximum absolute atomic E-state index is 13.4. The average Bonchev–Trinajstić information content (AvgIpc) is 3.54. The number of hydrogen-bond donors (Lipinski definition) is 1. The van der Waals surface area contributed by atoms with Crippen LogP contribution in [-0.2, 0) is 12.0 Å². The van der Waals surface area contributed by atoms with E-state index in [2.05, 4.69) is 39.5 Å². The van der Waals surface area contributed by atoms with Crippen molar-refractivity contribution in [2.24, 2.45) is 0 Å². The molecule has 0 unspecified atom stereocenters. The number of thiazole rings is 1. The molecule has 38 heavy (non-hydrogen) atoms. The smallest absolute Gasteiger partial charge is 0.322 e. The van der Waals surface area contributed by atoms with E-state index in [1.54, 1.807) is 23.7 Å². The van der Waals surface area contributed by atoms with Gasteiger partial charge in [-0.25, -0.2) is 9.78 Å². The number of nitrogens with one attached hydrogen (secondary N) is 1.